The molecule has 0 aliphatic carbocycles. The Balaban J connectivity index is 2.06. The first kappa shape index (κ1) is 13.8. The first-order valence-electron chi connectivity index (χ1n) is 6.91. The maximum Gasteiger partial charge on any atom is 0.313 e. The largest absolute Gasteiger partial charge is 0.458 e. The lowest BCUT2D eigenvalue weighted by Crippen LogP contribution is -2.43. The predicted octanol–water partition coefficient (Wildman–Crippen LogP) is 3.06. The molecule has 1 heterocycles. The second kappa shape index (κ2) is 6.00. The van der Waals surface area contributed by atoms with Gasteiger partial charge in [-0.05, 0) is 24.8 Å². The molecule has 0 unspecified atom stereocenters. The minimum atomic E-state index is -0.572. The number of carbonyl (C=O) groups is 2. The van der Waals surface area contributed by atoms with Gasteiger partial charge in [0.2, 0.25) is 0 Å². The Morgan fingerprint density at radius 1 is 1.16 bits per heavy atom. The number of Topliss-reactive ketones (excluding diaryl/α,β-unsaturated/α-hetero) is 1. The molecule has 3 nitrogen and oxygen atoms in total. The van der Waals surface area contributed by atoms with E-state index in [-0.39, 0.29) is 18.2 Å². The highest BCUT2D eigenvalue weighted by Crippen LogP contribution is 2.33. The Bertz CT molecular complexity index is 434. The lowest BCUT2D eigenvalue weighted by molar-refractivity contribution is -0.172. The van der Waals surface area contributed by atoms with E-state index in [0.29, 0.717) is 6.42 Å². The summed E-state index contributed by atoms with van der Waals surface area (Å²) in [6.45, 7) is 2.05. The second-order valence-electron chi connectivity index (χ2n) is 5.28. The van der Waals surface area contributed by atoms with Gasteiger partial charge in [0.05, 0.1) is 0 Å². The third-order valence-corrected chi connectivity index (χ3v) is 3.61. The van der Waals surface area contributed by atoms with Gasteiger partial charge in [-0.25, -0.2) is 0 Å². The maximum absolute atomic E-state index is 11.7. The van der Waals surface area contributed by atoms with Crippen LogP contribution in [-0.4, -0.2) is 17.4 Å². The van der Waals surface area contributed by atoms with E-state index in [1.54, 1.807) is 0 Å². The molecule has 2 rings (SSSR count). The third-order valence-electron chi connectivity index (χ3n) is 3.61. The van der Waals surface area contributed by atoms with Crippen LogP contribution in [0.15, 0.2) is 30.3 Å². The van der Waals surface area contributed by atoms with E-state index in [2.05, 4.69) is 19.1 Å². The summed E-state index contributed by atoms with van der Waals surface area (Å²) in [7, 11) is 0. The van der Waals surface area contributed by atoms with Crippen molar-refractivity contribution in [2.24, 2.45) is 0 Å². The zero-order valence-electron chi connectivity index (χ0n) is 11.4. The summed E-state index contributed by atoms with van der Waals surface area (Å²) >= 11 is 0. The molecule has 0 spiro atoms. The van der Waals surface area contributed by atoms with Crippen molar-refractivity contribution in [3.05, 3.63) is 35.9 Å². The van der Waals surface area contributed by atoms with Gasteiger partial charge in [0.1, 0.15) is 17.8 Å². The second-order valence-corrected chi connectivity index (χ2v) is 5.28. The van der Waals surface area contributed by atoms with Crippen LogP contribution in [0.2, 0.25) is 0 Å². The lowest BCUT2D eigenvalue weighted by Gasteiger charge is -2.36. The normalized spacial score (nSPS) is 23.2. The van der Waals surface area contributed by atoms with E-state index in [0.717, 1.165) is 25.7 Å². The van der Waals surface area contributed by atoms with Crippen molar-refractivity contribution in [2.75, 3.05) is 0 Å². The summed E-state index contributed by atoms with van der Waals surface area (Å²) in [5.41, 5.74) is 0.642. The van der Waals surface area contributed by atoms with Gasteiger partial charge in [-0.2, -0.15) is 0 Å². The molecule has 1 saturated heterocycles. The van der Waals surface area contributed by atoms with Crippen molar-refractivity contribution in [1.29, 1.82) is 0 Å². The van der Waals surface area contributed by atoms with Crippen LogP contribution in [0.4, 0.5) is 0 Å². The fourth-order valence-electron chi connectivity index (χ4n) is 2.77. The van der Waals surface area contributed by atoms with Crippen molar-refractivity contribution >= 4 is 11.8 Å². The van der Waals surface area contributed by atoms with E-state index >= 15 is 0 Å². The first-order chi connectivity index (χ1) is 9.13. The molecule has 0 amide bonds. The molecule has 102 valence electrons. The summed E-state index contributed by atoms with van der Waals surface area (Å²) in [6.07, 6.45) is 3.55. The van der Waals surface area contributed by atoms with Crippen LogP contribution in [-0.2, 0) is 20.7 Å². The Morgan fingerprint density at radius 3 is 2.53 bits per heavy atom. The Morgan fingerprint density at radius 2 is 1.89 bits per heavy atom. The van der Waals surface area contributed by atoms with E-state index in [4.69, 9.17) is 4.74 Å². The SMILES string of the molecule is CCC[C@]1(CCc2ccccc2)CC(=O)CC(=O)O1. The van der Waals surface area contributed by atoms with Gasteiger partial charge in [-0.3, -0.25) is 9.59 Å². The molecule has 3 heteroatoms. The Hall–Kier alpha value is -1.64. The molecule has 0 saturated carbocycles. The highest BCUT2D eigenvalue weighted by atomic mass is 16.6. The lowest BCUT2D eigenvalue weighted by atomic mass is 9.83. The molecule has 0 aromatic heterocycles. The average molecular weight is 260 g/mol. The Labute approximate surface area is 114 Å². The summed E-state index contributed by atoms with van der Waals surface area (Å²) < 4.78 is 5.55. The van der Waals surface area contributed by atoms with E-state index < -0.39 is 5.60 Å². The highest BCUT2D eigenvalue weighted by molar-refractivity contribution is 5.98. The fraction of sp³-hybridized carbons (Fsp3) is 0.500. The minimum Gasteiger partial charge on any atom is -0.458 e. The molecule has 0 N–H and O–H groups in total. The number of rotatable bonds is 5. The van der Waals surface area contributed by atoms with Crippen molar-refractivity contribution in [1.82, 2.24) is 0 Å². The molecule has 1 aliphatic heterocycles. The smallest absolute Gasteiger partial charge is 0.313 e. The summed E-state index contributed by atoms with van der Waals surface area (Å²) in [6, 6.07) is 10.1. The van der Waals surface area contributed by atoms with Gasteiger partial charge in [0.15, 0.2) is 0 Å². The highest BCUT2D eigenvalue weighted by Gasteiger charge is 2.40. The number of aryl methyl sites for hydroxylation is 1. The summed E-state index contributed by atoms with van der Waals surface area (Å²) in [4.78, 5) is 23.2. The number of cyclic esters (lactones) is 1. The summed E-state index contributed by atoms with van der Waals surface area (Å²) in [5.74, 6) is -0.351. The third kappa shape index (κ3) is 3.66. The van der Waals surface area contributed by atoms with E-state index in [1.165, 1.54) is 5.56 Å². The number of benzene rings is 1. The van der Waals surface area contributed by atoms with Gasteiger partial charge in [0, 0.05) is 6.42 Å². The van der Waals surface area contributed by atoms with Crippen molar-refractivity contribution < 1.29 is 14.3 Å². The molecule has 1 aliphatic rings. The molecule has 0 bridgehead atoms. The van der Waals surface area contributed by atoms with Crippen LogP contribution in [0.5, 0.6) is 0 Å². The fourth-order valence-corrected chi connectivity index (χ4v) is 2.77. The van der Waals surface area contributed by atoms with Crippen LogP contribution in [0.1, 0.15) is 44.6 Å². The molecule has 1 atom stereocenters. The quantitative estimate of drug-likeness (QED) is 0.603. The zero-order valence-corrected chi connectivity index (χ0v) is 11.4. The van der Waals surface area contributed by atoms with Crippen LogP contribution >= 0.6 is 0 Å². The van der Waals surface area contributed by atoms with Gasteiger partial charge >= 0.3 is 5.97 Å². The van der Waals surface area contributed by atoms with Gasteiger partial charge in [-0.1, -0.05) is 43.7 Å². The molecule has 19 heavy (non-hydrogen) atoms. The standard InChI is InChI=1S/C16H20O3/c1-2-9-16(12-14(17)11-15(18)19-16)10-8-13-6-4-3-5-7-13/h3-7H,2,8-12H2,1H3/t16-/m0/s1. The Kier molecular flexibility index (Phi) is 4.35. The molecule has 0 radical (unpaired) electrons. The topological polar surface area (TPSA) is 43.4 Å². The molecule has 1 aromatic carbocycles. The molecule has 1 aromatic rings. The maximum atomic E-state index is 11.7. The van der Waals surface area contributed by atoms with Crippen molar-refractivity contribution in [3.63, 3.8) is 0 Å². The number of carbonyl (C=O) groups excluding carboxylic acids is 2. The van der Waals surface area contributed by atoms with Gasteiger partial charge in [0.25, 0.3) is 0 Å². The number of ketones is 1. The minimum absolute atomic E-state index is 0.0118. The number of esters is 1. The van der Waals surface area contributed by atoms with Crippen LogP contribution in [0.25, 0.3) is 0 Å². The number of hydrogen-bond donors (Lipinski definition) is 0. The zero-order chi connectivity index (χ0) is 13.7. The van der Waals surface area contributed by atoms with Crippen LogP contribution < -0.4 is 0 Å². The molecular formula is C16H20O3. The average Bonchev–Trinajstić information content (AvgIpc) is 2.37. The molecule has 1 fully saturated rings. The van der Waals surface area contributed by atoms with Crippen LogP contribution in [0.3, 0.4) is 0 Å². The van der Waals surface area contributed by atoms with E-state index in [9.17, 15) is 9.59 Å². The predicted molar refractivity (Wildman–Crippen MR) is 72.7 cm³/mol. The number of ether oxygens (including phenoxy) is 1. The first-order valence-corrected chi connectivity index (χ1v) is 6.91. The monoisotopic (exact) mass is 260 g/mol. The molecular weight excluding hydrogens is 240 g/mol. The van der Waals surface area contributed by atoms with Crippen LogP contribution in [0, 0.1) is 0 Å². The van der Waals surface area contributed by atoms with Gasteiger partial charge < -0.3 is 4.74 Å². The van der Waals surface area contributed by atoms with Gasteiger partial charge in [-0.15, -0.1) is 0 Å². The number of hydrogen-bond acceptors (Lipinski definition) is 3. The van der Waals surface area contributed by atoms with Crippen molar-refractivity contribution in [3.8, 4) is 0 Å². The van der Waals surface area contributed by atoms with Crippen molar-refractivity contribution in [2.45, 2.75) is 51.0 Å². The summed E-state index contributed by atoms with van der Waals surface area (Å²) in [5, 5.41) is 0. The van der Waals surface area contributed by atoms with E-state index in [1.807, 2.05) is 18.2 Å².